The summed E-state index contributed by atoms with van der Waals surface area (Å²) in [5, 5.41) is 0. The highest BCUT2D eigenvalue weighted by atomic mass is 16.6. The number of ether oxygens (including phenoxy) is 1. The maximum atomic E-state index is 12.1. The second-order valence-electron chi connectivity index (χ2n) is 6.90. The van der Waals surface area contributed by atoms with Gasteiger partial charge in [0.15, 0.2) is 0 Å². The normalized spacial score (nSPS) is 20.6. The number of carbonyl (C=O) groups is 1. The molecule has 120 valence electrons. The summed E-state index contributed by atoms with van der Waals surface area (Å²) >= 11 is 0. The van der Waals surface area contributed by atoms with E-state index in [9.17, 15) is 4.79 Å². The number of esters is 1. The fraction of sp³-hybridized carbons (Fsp3) is 0.526. The molecule has 0 aliphatic carbocycles. The Morgan fingerprint density at radius 2 is 2.00 bits per heavy atom. The summed E-state index contributed by atoms with van der Waals surface area (Å²) in [6.45, 7) is 8.90. The lowest BCUT2D eigenvalue weighted by Gasteiger charge is -2.37. The first-order valence-electron chi connectivity index (χ1n) is 8.06. The lowest BCUT2D eigenvalue weighted by atomic mass is 10.00. The highest BCUT2D eigenvalue weighted by molar-refractivity contribution is 5.71. The van der Waals surface area contributed by atoms with Crippen LogP contribution in [0.15, 0.2) is 42.5 Å². The van der Waals surface area contributed by atoms with E-state index >= 15 is 0 Å². The predicted octanol–water partition coefficient (Wildman–Crippen LogP) is 4.11. The second-order valence-corrected chi connectivity index (χ2v) is 6.90. The largest absolute Gasteiger partial charge is 0.460 e. The van der Waals surface area contributed by atoms with Crippen LogP contribution >= 0.6 is 0 Å². The SMILES string of the molecule is C[C@H](c1ccccc1)N1CCC=C[C@@H]1CC(=O)OC(C)(C)C. The van der Waals surface area contributed by atoms with Crippen molar-refractivity contribution in [3.8, 4) is 0 Å². The van der Waals surface area contributed by atoms with Gasteiger partial charge in [-0.15, -0.1) is 0 Å². The summed E-state index contributed by atoms with van der Waals surface area (Å²) in [6.07, 6.45) is 5.75. The van der Waals surface area contributed by atoms with Crippen molar-refractivity contribution in [1.29, 1.82) is 0 Å². The van der Waals surface area contributed by atoms with Gasteiger partial charge in [-0.1, -0.05) is 42.5 Å². The van der Waals surface area contributed by atoms with Gasteiger partial charge < -0.3 is 4.74 Å². The maximum absolute atomic E-state index is 12.1. The molecule has 3 heteroatoms. The average Bonchev–Trinajstić information content (AvgIpc) is 2.46. The molecule has 0 saturated heterocycles. The summed E-state index contributed by atoms with van der Waals surface area (Å²) in [6, 6.07) is 10.9. The zero-order chi connectivity index (χ0) is 16.2. The van der Waals surface area contributed by atoms with Crippen molar-refractivity contribution < 1.29 is 9.53 Å². The predicted molar refractivity (Wildman–Crippen MR) is 89.6 cm³/mol. The van der Waals surface area contributed by atoms with Gasteiger partial charge in [-0.3, -0.25) is 9.69 Å². The molecular formula is C19H27NO2. The Bertz CT molecular complexity index is 516. The first-order valence-corrected chi connectivity index (χ1v) is 8.06. The Balaban J connectivity index is 2.06. The average molecular weight is 301 g/mol. The minimum Gasteiger partial charge on any atom is -0.460 e. The number of carbonyl (C=O) groups excluding carboxylic acids is 1. The molecule has 2 rings (SSSR count). The quantitative estimate of drug-likeness (QED) is 0.619. The molecule has 3 nitrogen and oxygen atoms in total. The van der Waals surface area contributed by atoms with E-state index < -0.39 is 5.60 Å². The molecule has 1 aliphatic heterocycles. The second kappa shape index (κ2) is 7.10. The van der Waals surface area contributed by atoms with Gasteiger partial charge in [-0.05, 0) is 39.7 Å². The monoisotopic (exact) mass is 301 g/mol. The van der Waals surface area contributed by atoms with Crippen molar-refractivity contribution in [2.24, 2.45) is 0 Å². The third-order valence-corrected chi connectivity index (χ3v) is 3.91. The molecule has 0 aromatic heterocycles. The van der Waals surface area contributed by atoms with Crippen LogP contribution in [-0.4, -0.2) is 29.1 Å². The zero-order valence-corrected chi connectivity index (χ0v) is 14.1. The van der Waals surface area contributed by atoms with Crippen LogP contribution < -0.4 is 0 Å². The van der Waals surface area contributed by atoms with Crippen molar-refractivity contribution in [2.75, 3.05) is 6.54 Å². The van der Waals surface area contributed by atoms with Crippen LogP contribution in [0.4, 0.5) is 0 Å². The summed E-state index contributed by atoms with van der Waals surface area (Å²) < 4.78 is 5.47. The highest BCUT2D eigenvalue weighted by Gasteiger charge is 2.28. The van der Waals surface area contributed by atoms with Crippen LogP contribution in [0.5, 0.6) is 0 Å². The van der Waals surface area contributed by atoms with Crippen molar-refractivity contribution in [1.82, 2.24) is 4.90 Å². The summed E-state index contributed by atoms with van der Waals surface area (Å²) in [5.41, 5.74) is 0.859. The van der Waals surface area contributed by atoms with E-state index in [1.807, 2.05) is 26.8 Å². The molecule has 0 unspecified atom stereocenters. The van der Waals surface area contributed by atoms with Crippen LogP contribution in [0, 0.1) is 0 Å². The van der Waals surface area contributed by atoms with Crippen LogP contribution in [0.2, 0.25) is 0 Å². The van der Waals surface area contributed by atoms with E-state index in [0.717, 1.165) is 13.0 Å². The molecule has 0 fully saturated rings. The van der Waals surface area contributed by atoms with Gasteiger partial charge in [0, 0.05) is 18.6 Å². The number of rotatable bonds is 4. The molecule has 1 aromatic rings. The van der Waals surface area contributed by atoms with Crippen LogP contribution in [0.3, 0.4) is 0 Å². The standard InChI is InChI=1S/C19H27NO2/c1-15(16-10-6-5-7-11-16)20-13-9-8-12-17(20)14-18(21)22-19(2,3)4/h5-8,10-12,15,17H,9,13-14H2,1-4H3/t15-,17-/m1/s1. The molecule has 0 amide bonds. The molecule has 0 bridgehead atoms. The number of hydrogen-bond donors (Lipinski definition) is 0. The molecule has 1 heterocycles. The van der Waals surface area contributed by atoms with Gasteiger partial charge in [-0.2, -0.15) is 0 Å². The van der Waals surface area contributed by atoms with Crippen LogP contribution in [-0.2, 0) is 9.53 Å². The van der Waals surface area contributed by atoms with E-state index in [0.29, 0.717) is 12.5 Å². The maximum Gasteiger partial charge on any atom is 0.308 e. The molecule has 2 atom stereocenters. The molecule has 0 saturated carbocycles. The topological polar surface area (TPSA) is 29.5 Å². The van der Waals surface area contributed by atoms with E-state index in [4.69, 9.17) is 4.74 Å². The Hall–Kier alpha value is -1.61. The van der Waals surface area contributed by atoms with Gasteiger partial charge in [0.05, 0.1) is 6.42 Å². The molecule has 0 N–H and O–H groups in total. The van der Waals surface area contributed by atoms with E-state index in [1.165, 1.54) is 5.56 Å². The molecule has 1 aromatic carbocycles. The zero-order valence-electron chi connectivity index (χ0n) is 14.1. The summed E-state index contributed by atoms with van der Waals surface area (Å²) in [4.78, 5) is 14.5. The first-order chi connectivity index (χ1) is 10.4. The minimum absolute atomic E-state index is 0.110. The number of benzene rings is 1. The molecular weight excluding hydrogens is 274 g/mol. The van der Waals surface area contributed by atoms with Crippen molar-refractivity contribution in [3.05, 3.63) is 48.0 Å². The van der Waals surface area contributed by atoms with Gasteiger partial charge in [-0.25, -0.2) is 0 Å². The lowest BCUT2D eigenvalue weighted by molar-refractivity contribution is -0.156. The number of nitrogens with zero attached hydrogens (tertiary/aromatic N) is 1. The Morgan fingerprint density at radius 1 is 1.32 bits per heavy atom. The van der Waals surface area contributed by atoms with Crippen LogP contribution in [0.25, 0.3) is 0 Å². The van der Waals surface area contributed by atoms with E-state index in [1.54, 1.807) is 0 Å². The van der Waals surface area contributed by atoms with Crippen molar-refractivity contribution in [3.63, 3.8) is 0 Å². The van der Waals surface area contributed by atoms with Crippen molar-refractivity contribution >= 4 is 5.97 Å². The van der Waals surface area contributed by atoms with Gasteiger partial charge in [0.25, 0.3) is 0 Å². The lowest BCUT2D eigenvalue weighted by Crippen LogP contribution is -2.41. The fourth-order valence-corrected chi connectivity index (χ4v) is 2.90. The molecule has 0 spiro atoms. The summed E-state index contributed by atoms with van der Waals surface area (Å²) in [5.74, 6) is -0.130. The van der Waals surface area contributed by atoms with Crippen molar-refractivity contribution in [2.45, 2.75) is 58.2 Å². The van der Waals surface area contributed by atoms with E-state index in [2.05, 4.69) is 48.2 Å². The van der Waals surface area contributed by atoms with Crippen LogP contribution in [0.1, 0.15) is 52.1 Å². The summed E-state index contributed by atoms with van der Waals surface area (Å²) in [7, 11) is 0. The van der Waals surface area contributed by atoms with Gasteiger partial charge >= 0.3 is 5.97 Å². The molecule has 22 heavy (non-hydrogen) atoms. The fourth-order valence-electron chi connectivity index (χ4n) is 2.90. The van der Waals surface area contributed by atoms with Gasteiger partial charge in [0.2, 0.25) is 0 Å². The molecule has 0 radical (unpaired) electrons. The van der Waals surface area contributed by atoms with E-state index in [-0.39, 0.29) is 12.0 Å². The molecule has 1 aliphatic rings. The van der Waals surface area contributed by atoms with Gasteiger partial charge in [0.1, 0.15) is 5.60 Å². The highest BCUT2D eigenvalue weighted by Crippen LogP contribution is 2.27. The smallest absolute Gasteiger partial charge is 0.308 e. The number of hydrogen-bond acceptors (Lipinski definition) is 3. The first kappa shape index (κ1) is 16.8. The Morgan fingerprint density at radius 3 is 2.64 bits per heavy atom. The Labute approximate surface area is 134 Å². The Kier molecular flexibility index (Phi) is 5.41. The minimum atomic E-state index is -0.425. The third-order valence-electron chi connectivity index (χ3n) is 3.91. The third kappa shape index (κ3) is 4.70.